The van der Waals surface area contributed by atoms with E-state index < -0.39 is 5.97 Å². The highest BCUT2D eigenvalue weighted by molar-refractivity contribution is 5.98. The normalized spacial score (nSPS) is 21.6. The fraction of sp³-hybridized carbons (Fsp3) is 0.533. The Kier molecular flexibility index (Phi) is 5.14. The Bertz CT molecular complexity index is 519. The van der Waals surface area contributed by atoms with E-state index in [2.05, 4.69) is 22.5 Å². The van der Waals surface area contributed by atoms with Crippen LogP contribution >= 0.6 is 0 Å². The van der Waals surface area contributed by atoms with Crippen molar-refractivity contribution in [1.29, 1.82) is 0 Å². The molecule has 0 bridgehead atoms. The van der Waals surface area contributed by atoms with Crippen LogP contribution in [0, 0.1) is 11.8 Å². The van der Waals surface area contributed by atoms with Crippen LogP contribution in [-0.2, 0) is 0 Å². The highest BCUT2D eigenvalue weighted by Gasteiger charge is 2.19. The maximum absolute atomic E-state index is 11.9. The summed E-state index contributed by atoms with van der Waals surface area (Å²) in [6.07, 6.45) is 6.13. The highest BCUT2D eigenvalue weighted by atomic mass is 16.4. The topological polar surface area (TPSA) is 91.3 Å². The number of aromatic nitrogens is 1. The summed E-state index contributed by atoms with van der Waals surface area (Å²) in [5.74, 6) is 0.0601. The first kappa shape index (κ1) is 15.3. The van der Waals surface area contributed by atoms with E-state index in [1.165, 1.54) is 25.1 Å². The Balaban J connectivity index is 1.86. The number of nitrogens with zero attached hydrogens (tertiary/aromatic N) is 1. The zero-order valence-electron chi connectivity index (χ0n) is 12.1. The van der Waals surface area contributed by atoms with Crippen molar-refractivity contribution in [2.45, 2.75) is 32.6 Å². The van der Waals surface area contributed by atoms with Crippen molar-refractivity contribution in [3.8, 4) is 0 Å². The van der Waals surface area contributed by atoms with Gasteiger partial charge in [-0.1, -0.05) is 19.8 Å². The third-order valence-corrected chi connectivity index (χ3v) is 3.85. The molecule has 6 heteroatoms. The van der Waals surface area contributed by atoms with Crippen molar-refractivity contribution < 1.29 is 14.7 Å². The quantitative estimate of drug-likeness (QED) is 0.795. The molecule has 2 rings (SSSR count). The lowest BCUT2D eigenvalue weighted by atomic mass is 9.82. The molecule has 6 nitrogen and oxygen atoms in total. The second-order valence-corrected chi connectivity index (χ2v) is 5.68. The summed E-state index contributed by atoms with van der Waals surface area (Å²) >= 11 is 0. The van der Waals surface area contributed by atoms with Crippen LogP contribution in [-0.4, -0.2) is 28.6 Å². The number of aromatic carboxylic acids is 1. The van der Waals surface area contributed by atoms with Gasteiger partial charge in [-0.15, -0.1) is 0 Å². The van der Waals surface area contributed by atoms with Gasteiger partial charge in [0.25, 0.3) is 0 Å². The van der Waals surface area contributed by atoms with E-state index in [4.69, 9.17) is 5.11 Å². The highest BCUT2D eigenvalue weighted by Crippen LogP contribution is 2.27. The summed E-state index contributed by atoms with van der Waals surface area (Å²) in [7, 11) is 0. The fourth-order valence-corrected chi connectivity index (χ4v) is 2.83. The Morgan fingerprint density at radius 3 is 2.95 bits per heavy atom. The molecule has 1 aliphatic carbocycles. The molecule has 1 aromatic heterocycles. The van der Waals surface area contributed by atoms with Gasteiger partial charge in [0.2, 0.25) is 0 Å². The lowest BCUT2D eigenvalue weighted by Gasteiger charge is -2.26. The number of pyridine rings is 1. The third kappa shape index (κ3) is 4.44. The van der Waals surface area contributed by atoms with E-state index in [0.717, 1.165) is 12.8 Å². The fourth-order valence-electron chi connectivity index (χ4n) is 2.83. The molecule has 21 heavy (non-hydrogen) atoms. The van der Waals surface area contributed by atoms with E-state index in [1.54, 1.807) is 6.07 Å². The number of carboxylic acid groups (broad SMARTS) is 1. The lowest BCUT2D eigenvalue weighted by Crippen LogP contribution is -2.35. The minimum atomic E-state index is -1.16. The van der Waals surface area contributed by atoms with Crippen LogP contribution in [0.25, 0.3) is 0 Å². The van der Waals surface area contributed by atoms with Crippen molar-refractivity contribution >= 4 is 17.7 Å². The molecule has 1 heterocycles. The Hall–Kier alpha value is -2.11. The number of rotatable bonds is 4. The number of hydrogen-bond donors (Lipinski definition) is 3. The van der Waals surface area contributed by atoms with E-state index in [9.17, 15) is 9.59 Å². The van der Waals surface area contributed by atoms with Gasteiger partial charge in [0.1, 0.15) is 0 Å². The van der Waals surface area contributed by atoms with Gasteiger partial charge in [0.15, 0.2) is 5.69 Å². The van der Waals surface area contributed by atoms with Crippen LogP contribution in [0.15, 0.2) is 18.3 Å². The monoisotopic (exact) mass is 291 g/mol. The van der Waals surface area contributed by atoms with Gasteiger partial charge in [-0.3, -0.25) is 0 Å². The second-order valence-electron chi connectivity index (χ2n) is 5.68. The number of urea groups is 1. The number of nitrogens with one attached hydrogen (secondary N) is 2. The van der Waals surface area contributed by atoms with E-state index in [1.807, 2.05) is 0 Å². The van der Waals surface area contributed by atoms with Gasteiger partial charge in [0, 0.05) is 12.7 Å². The van der Waals surface area contributed by atoms with Gasteiger partial charge in [-0.05, 0) is 36.8 Å². The predicted octanol–water partition coefficient (Wildman–Crippen LogP) is 2.73. The number of carbonyl (C=O) groups excluding carboxylic acids is 1. The number of hydrogen-bond acceptors (Lipinski definition) is 3. The van der Waals surface area contributed by atoms with Crippen LogP contribution in [0.4, 0.5) is 10.5 Å². The van der Waals surface area contributed by atoms with Gasteiger partial charge >= 0.3 is 12.0 Å². The first-order valence-corrected chi connectivity index (χ1v) is 7.29. The summed E-state index contributed by atoms with van der Waals surface area (Å²) in [6.45, 7) is 2.86. The molecule has 2 amide bonds. The smallest absolute Gasteiger partial charge is 0.356 e. The maximum atomic E-state index is 11.9. The summed E-state index contributed by atoms with van der Waals surface area (Å²) in [5, 5.41) is 14.4. The Morgan fingerprint density at radius 1 is 1.43 bits per heavy atom. The second kappa shape index (κ2) is 7.06. The number of amides is 2. The predicted molar refractivity (Wildman–Crippen MR) is 79.3 cm³/mol. The van der Waals surface area contributed by atoms with Crippen molar-refractivity contribution in [2.75, 3.05) is 11.9 Å². The molecule has 0 radical (unpaired) electrons. The molecule has 3 N–H and O–H groups in total. The van der Waals surface area contributed by atoms with Crippen LogP contribution in [0.1, 0.15) is 43.1 Å². The minimum absolute atomic E-state index is 0.154. The molecule has 1 aliphatic rings. The standard InChI is InChI=1S/C15H21N3O3/c1-10-4-2-5-11(8-10)9-17-15(21)18-12-6-3-7-16-13(12)14(19)20/h3,6-7,10-11H,2,4-5,8-9H2,1H3,(H,19,20)(H2,17,18,21). The van der Waals surface area contributed by atoms with Crippen LogP contribution in [0.2, 0.25) is 0 Å². The van der Waals surface area contributed by atoms with Gasteiger partial charge in [0.05, 0.1) is 5.69 Å². The van der Waals surface area contributed by atoms with Crippen LogP contribution in [0.5, 0.6) is 0 Å². The molecule has 0 spiro atoms. The largest absolute Gasteiger partial charge is 0.476 e. The molecular formula is C15H21N3O3. The Morgan fingerprint density at radius 2 is 2.24 bits per heavy atom. The molecule has 114 valence electrons. The van der Waals surface area contributed by atoms with Crippen LogP contribution < -0.4 is 10.6 Å². The van der Waals surface area contributed by atoms with Gasteiger partial charge < -0.3 is 15.7 Å². The zero-order valence-corrected chi connectivity index (χ0v) is 12.1. The first-order valence-electron chi connectivity index (χ1n) is 7.29. The SMILES string of the molecule is CC1CCCC(CNC(=O)Nc2cccnc2C(=O)O)C1. The van der Waals surface area contributed by atoms with E-state index in [-0.39, 0.29) is 17.4 Å². The average molecular weight is 291 g/mol. The van der Waals surface area contributed by atoms with Crippen molar-refractivity contribution in [1.82, 2.24) is 10.3 Å². The number of carboxylic acids is 1. The van der Waals surface area contributed by atoms with Crippen molar-refractivity contribution in [2.24, 2.45) is 11.8 Å². The molecule has 1 fully saturated rings. The molecule has 1 saturated carbocycles. The zero-order chi connectivity index (χ0) is 15.2. The summed E-state index contributed by atoms with van der Waals surface area (Å²) in [5.41, 5.74) is 0.0541. The number of carbonyl (C=O) groups is 2. The van der Waals surface area contributed by atoms with Gasteiger partial charge in [-0.25, -0.2) is 14.6 Å². The summed E-state index contributed by atoms with van der Waals surface area (Å²) in [6, 6.07) is 2.73. The maximum Gasteiger partial charge on any atom is 0.356 e. The molecule has 0 aliphatic heterocycles. The van der Waals surface area contributed by atoms with E-state index in [0.29, 0.717) is 18.4 Å². The van der Waals surface area contributed by atoms with Crippen LogP contribution in [0.3, 0.4) is 0 Å². The molecule has 1 aromatic rings. The molecule has 2 unspecified atom stereocenters. The summed E-state index contributed by atoms with van der Waals surface area (Å²) in [4.78, 5) is 26.6. The molecular weight excluding hydrogens is 270 g/mol. The third-order valence-electron chi connectivity index (χ3n) is 3.85. The average Bonchev–Trinajstić information content (AvgIpc) is 2.45. The molecule has 2 atom stereocenters. The van der Waals surface area contributed by atoms with E-state index >= 15 is 0 Å². The number of anilines is 1. The van der Waals surface area contributed by atoms with Crippen molar-refractivity contribution in [3.63, 3.8) is 0 Å². The minimum Gasteiger partial charge on any atom is -0.476 e. The first-order chi connectivity index (χ1) is 10.1. The van der Waals surface area contributed by atoms with Crippen molar-refractivity contribution in [3.05, 3.63) is 24.0 Å². The lowest BCUT2D eigenvalue weighted by molar-refractivity contribution is 0.0691. The molecule has 0 aromatic carbocycles. The summed E-state index contributed by atoms with van der Waals surface area (Å²) < 4.78 is 0. The Labute approximate surface area is 124 Å². The van der Waals surface area contributed by atoms with Gasteiger partial charge in [-0.2, -0.15) is 0 Å². The molecule has 0 saturated heterocycles.